The third kappa shape index (κ3) is 3.74. The Labute approximate surface area is 143 Å². The van der Waals surface area contributed by atoms with Crippen molar-refractivity contribution in [1.82, 2.24) is 0 Å². The first-order valence-electron chi connectivity index (χ1n) is 7.57. The molecule has 3 rings (SSSR count). The fraction of sp³-hybridized carbons (Fsp3) is 0.105. The van der Waals surface area contributed by atoms with Gasteiger partial charge in [0.05, 0.1) is 0 Å². The first-order chi connectivity index (χ1) is 11.9. The Bertz CT molecular complexity index is 1020. The van der Waals surface area contributed by atoms with Crippen LogP contribution in [0.4, 0.5) is 5.69 Å². The molecule has 0 aliphatic heterocycles. The van der Waals surface area contributed by atoms with Gasteiger partial charge in [-0.15, -0.1) is 0 Å². The zero-order valence-electron chi connectivity index (χ0n) is 13.7. The summed E-state index contributed by atoms with van der Waals surface area (Å²) in [5.74, 6) is -0.388. The number of carbonyl (C=O) groups excluding carboxylic acids is 2. The van der Waals surface area contributed by atoms with E-state index in [4.69, 9.17) is 9.15 Å². The monoisotopic (exact) mass is 337 g/mol. The van der Waals surface area contributed by atoms with E-state index < -0.39 is 11.6 Å². The number of fused-ring (bicyclic) bond motifs is 1. The number of hydrogen-bond donors (Lipinski definition) is 1. The predicted octanol–water partition coefficient (Wildman–Crippen LogP) is 3.28. The van der Waals surface area contributed by atoms with Crippen molar-refractivity contribution in [3.63, 3.8) is 0 Å². The van der Waals surface area contributed by atoms with Gasteiger partial charge in [0.2, 0.25) is 0 Å². The Kier molecular flexibility index (Phi) is 4.35. The van der Waals surface area contributed by atoms with Crippen molar-refractivity contribution in [3.8, 4) is 5.75 Å². The number of anilines is 1. The van der Waals surface area contributed by atoms with Gasteiger partial charge in [0.25, 0.3) is 5.91 Å². The summed E-state index contributed by atoms with van der Waals surface area (Å²) in [6, 6.07) is 12.7. The fourth-order valence-electron chi connectivity index (χ4n) is 2.45. The van der Waals surface area contributed by atoms with Gasteiger partial charge in [0.1, 0.15) is 11.3 Å². The number of hydrogen-bond acceptors (Lipinski definition) is 5. The summed E-state index contributed by atoms with van der Waals surface area (Å²) in [6.45, 7) is 3.13. The summed E-state index contributed by atoms with van der Waals surface area (Å²) < 4.78 is 10.1. The van der Waals surface area contributed by atoms with Crippen LogP contribution in [0.15, 0.2) is 57.7 Å². The molecular formula is C19H15NO5. The number of nitrogens with one attached hydrogen (secondary N) is 1. The summed E-state index contributed by atoms with van der Waals surface area (Å²) in [6.07, 6.45) is 0. The van der Waals surface area contributed by atoms with Crippen molar-refractivity contribution in [2.75, 3.05) is 5.32 Å². The fourth-order valence-corrected chi connectivity index (χ4v) is 2.45. The number of benzene rings is 2. The van der Waals surface area contributed by atoms with Gasteiger partial charge in [0, 0.05) is 35.7 Å². The maximum absolute atomic E-state index is 12.3. The maximum Gasteiger partial charge on any atom is 0.336 e. The summed E-state index contributed by atoms with van der Waals surface area (Å²) in [7, 11) is 0. The van der Waals surface area contributed by atoms with Crippen molar-refractivity contribution >= 4 is 28.5 Å². The quantitative estimate of drug-likeness (QED) is 0.450. The lowest BCUT2D eigenvalue weighted by Crippen LogP contribution is -2.12. The molecule has 0 aliphatic carbocycles. The normalized spacial score (nSPS) is 10.5. The van der Waals surface area contributed by atoms with Crippen molar-refractivity contribution in [2.45, 2.75) is 13.8 Å². The average Bonchev–Trinajstić information content (AvgIpc) is 2.54. The molecule has 0 saturated heterocycles. The van der Waals surface area contributed by atoms with E-state index in [1.54, 1.807) is 42.5 Å². The molecule has 0 fully saturated rings. The highest BCUT2D eigenvalue weighted by molar-refractivity contribution is 6.05. The van der Waals surface area contributed by atoms with Crippen molar-refractivity contribution in [2.24, 2.45) is 0 Å². The highest BCUT2D eigenvalue weighted by Gasteiger charge is 2.09. The molecule has 126 valence electrons. The Morgan fingerprint density at radius 1 is 1.04 bits per heavy atom. The molecule has 3 aromatic rings. The molecule has 0 bridgehead atoms. The van der Waals surface area contributed by atoms with Crippen molar-refractivity contribution in [1.29, 1.82) is 0 Å². The lowest BCUT2D eigenvalue weighted by molar-refractivity contribution is -0.131. The molecule has 1 N–H and O–H groups in total. The van der Waals surface area contributed by atoms with Crippen LogP contribution < -0.4 is 15.7 Å². The highest BCUT2D eigenvalue weighted by atomic mass is 16.5. The van der Waals surface area contributed by atoms with Gasteiger partial charge in [0.15, 0.2) is 0 Å². The minimum Gasteiger partial charge on any atom is -0.427 e. The van der Waals surface area contributed by atoms with Crippen LogP contribution in [0.1, 0.15) is 22.8 Å². The highest BCUT2D eigenvalue weighted by Crippen LogP contribution is 2.21. The van der Waals surface area contributed by atoms with Gasteiger partial charge < -0.3 is 14.5 Å². The van der Waals surface area contributed by atoms with Crippen LogP contribution >= 0.6 is 0 Å². The van der Waals surface area contributed by atoms with Crippen LogP contribution in [0.5, 0.6) is 5.75 Å². The predicted molar refractivity (Wildman–Crippen MR) is 92.9 cm³/mol. The van der Waals surface area contributed by atoms with Crippen molar-refractivity contribution < 1.29 is 18.7 Å². The molecule has 0 radical (unpaired) electrons. The minimum atomic E-state index is -0.436. The summed E-state index contributed by atoms with van der Waals surface area (Å²) >= 11 is 0. The summed E-state index contributed by atoms with van der Waals surface area (Å²) in [5.41, 5.74) is 1.70. The Morgan fingerprint density at radius 3 is 2.44 bits per heavy atom. The molecular weight excluding hydrogens is 322 g/mol. The first kappa shape index (κ1) is 16.4. The molecule has 1 aromatic heterocycles. The molecule has 0 saturated carbocycles. The van der Waals surface area contributed by atoms with E-state index in [1.807, 2.05) is 6.92 Å². The molecule has 1 heterocycles. The minimum absolute atomic E-state index is 0.330. The standard InChI is InChI=1S/C19H15NO5/c1-11-9-18(22)25-17-10-14(5-8-16(11)17)20-19(23)13-3-6-15(7-4-13)24-12(2)21/h3-10H,1-2H3,(H,20,23). The number of aryl methyl sites for hydroxylation is 1. The molecule has 1 amide bonds. The number of rotatable bonds is 3. The van der Waals surface area contributed by atoms with Gasteiger partial charge in [-0.1, -0.05) is 0 Å². The molecule has 6 nitrogen and oxygen atoms in total. The molecule has 0 spiro atoms. The van der Waals surface area contributed by atoms with Crippen LogP contribution in [0.3, 0.4) is 0 Å². The van der Waals surface area contributed by atoms with E-state index in [9.17, 15) is 14.4 Å². The Morgan fingerprint density at radius 2 is 1.76 bits per heavy atom. The lowest BCUT2D eigenvalue weighted by Gasteiger charge is -2.08. The van der Waals surface area contributed by atoms with Gasteiger partial charge >= 0.3 is 11.6 Å². The second-order valence-electron chi connectivity index (χ2n) is 5.53. The molecule has 6 heteroatoms. The van der Waals surface area contributed by atoms with Gasteiger partial charge in [-0.3, -0.25) is 9.59 Å². The number of amides is 1. The van der Waals surface area contributed by atoms with Gasteiger partial charge in [-0.2, -0.15) is 0 Å². The van der Waals surface area contributed by atoms with Crippen LogP contribution in [-0.4, -0.2) is 11.9 Å². The zero-order valence-corrected chi connectivity index (χ0v) is 13.7. The number of ether oxygens (including phenoxy) is 1. The SMILES string of the molecule is CC(=O)Oc1ccc(C(=O)Nc2ccc3c(C)cc(=O)oc3c2)cc1. The average molecular weight is 337 g/mol. The van der Waals surface area contributed by atoms with E-state index in [0.29, 0.717) is 22.6 Å². The zero-order chi connectivity index (χ0) is 18.0. The first-order valence-corrected chi connectivity index (χ1v) is 7.57. The summed E-state index contributed by atoms with van der Waals surface area (Å²) in [5, 5.41) is 3.55. The lowest BCUT2D eigenvalue weighted by atomic mass is 10.1. The van der Waals surface area contributed by atoms with E-state index >= 15 is 0 Å². The van der Waals surface area contributed by atoms with E-state index in [1.165, 1.54) is 13.0 Å². The van der Waals surface area contributed by atoms with E-state index in [0.717, 1.165) is 10.9 Å². The second-order valence-corrected chi connectivity index (χ2v) is 5.53. The third-order valence-corrected chi connectivity index (χ3v) is 3.59. The van der Waals surface area contributed by atoms with Crippen LogP contribution in [0.25, 0.3) is 11.0 Å². The molecule has 0 atom stereocenters. The van der Waals surface area contributed by atoms with Crippen LogP contribution in [0.2, 0.25) is 0 Å². The topological polar surface area (TPSA) is 85.6 Å². The van der Waals surface area contributed by atoms with Crippen LogP contribution in [-0.2, 0) is 4.79 Å². The maximum atomic E-state index is 12.3. The van der Waals surface area contributed by atoms with Gasteiger partial charge in [-0.25, -0.2) is 4.79 Å². The van der Waals surface area contributed by atoms with E-state index in [2.05, 4.69) is 5.32 Å². The Balaban J connectivity index is 1.82. The molecule has 25 heavy (non-hydrogen) atoms. The molecule has 0 aliphatic rings. The smallest absolute Gasteiger partial charge is 0.336 e. The molecule has 2 aromatic carbocycles. The third-order valence-electron chi connectivity index (χ3n) is 3.59. The molecule has 0 unspecified atom stereocenters. The number of esters is 1. The van der Waals surface area contributed by atoms with Crippen LogP contribution in [0, 0.1) is 6.92 Å². The van der Waals surface area contributed by atoms with E-state index in [-0.39, 0.29) is 5.91 Å². The largest absolute Gasteiger partial charge is 0.427 e. The second kappa shape index (κ2) is 6.60. The van der Waals surface area contributed by atoms with Crippen molar-refractivity contribution in [3.05, 3.63) is 70.1 Å². The Hall–Kier alpha value is -3.41. The van der Waals surface area contributed by atoms with Gasteiger partial charge in [-0.05, 0) is 48.9 Å². The number of carbonyl (C=O) groups is 2. The summed E-state index contributed by atoms with van der Waals surface area (Å²) in [4.78, 5) is 34.7.